The van der Waals surface area contributed by atoms with Gasteiger partial charge in [-0.05, 0) is 63.4 Å². The molecule has 0 aliphatic carbocycles. The molecule has 9 nitrogen and oxygen atoms in total. The molecule has 2 aromatic heterocycles. The van der Waals surface area contributed by atoms with Crippen molar-refractivity contribution in [3.8, 4) is 17.1 Å². The van der Waals surface area contributed by atoms with Crippen LogP contribution in [-0.4, -0.2) is 32.4 Å². The number of cyclic esters (lactones) is 1. The van der Waals surface area contributed by atoms with Crippen molar-refractivity contribution in [1.29, 1.82) is 0 Å². The predicted octanol–water partition coefficient (Wildman–Crippen LogP) is 4.31. The number of esters is 1. The molecule has 0 spiro atoms. The summed E-state index contributed by atoms with van der Waals surface area (Å²) in [6.07, 6.45) is -0.291. The molecule has 1 aromatic carbocycles. The molecule has 36 heavy (non-hydrogen) atoms. The molecule has 0 saturated carbocycles. The van der Waals surface area contributed by atoms with Crippen LogP contribution in [0.1, 0.15) is 63.3 Å². The van der Waals surface area contributed by atoms with E-state index in [1.807, 2.05) is 6.92 Å². The van der Waals surface area contributed by atoms with E-state index in [0.29, 0.717) is 35.4 Å². The third kappa shape index (κ3) is 3.53. The van der Waals surface area contributed by atoms with E-state index in [0.717, 1.165) is 16.5 Å². The van der Waals surface area contributed by atoms with Crippen LogP contribution in [0.25, 0.3) is 22.3 Å². The van der Waals surface area contributed by atoms with Crippen LogP contribution in [-0.2, 0) is 44.2 Å². The average molecular weight is 493 g/mol. The lowest BCUT2D eigenvalue weighted by Crippen LogP contribution is -2.48. The van der Waals surface area contributed by atoms with Crippen molar-refractivity contribution in [3.05, 3.63) is 56.9 Å². The number of pyridine rings is 2. The summed E-state index contributed by atoms with van der Waals surface area (Å²) in [4.78, 5) is 44.2. The van der Waals surface area contributed by atoms with Gasteiger partial charge in [0.1, 0.15) is 18.0 Å². The van der Waals surface area contributed by atoms with Gasteiger partial charge in [0.05, 0.1) is 29.0 Å². The lowest BCUT2D eigenvalue weighted by molar-refractivity contribution is -0.177. The molecule has 1 unspecified atom stereocenters. The van der Waals surface area contributed by atoms with Gasteiger partial charge in [0, 0.05) is 16.5 Å². The smallest absolute Gasteiger partial charge is 0.508 e. The topological polar surface area (TPSA) is 117 Å². The first-order valence-electron chi connectivity index (χ1n) is 12.0. The summed E-state index contributed by atoms with van der Waals surface area (Å²) in [6.45, 7) is 8.86. The number of hydrogen-bond donors (Lipinski definition) is 1. The van der Waals surface area contributed by atoms with Gasteiger partial charge in [-0.1, -0.05) is 13.8 Å². The second-order valence-corrected chi connectivity index (χ2v) is 10.1. The van der Waals surface area contributed by atoms with Crippen LogP contribution < -0.4 is 5.56 Å². The van der Waals surface area contributed by atoms with E-state index in [9.17, 15) is 19.5 Å². The van der Waals surface area contributed by atoms with Gasteiger partial charge in [-0.2, -0.15) is 0 Å². The maximum absolute atomic E-state index is 13.7. The SMILES string of the molecule is CCc1c2c(nc3ccc(O)cc13)-c1cc3c(c(=O)n1C2)COC(=O)C3(CC)OC(=O)OC(C)(C)C. The molecule has 0 amide bonds. The molecule has 9 heteroatoms. The van der Waals surface area contributed by atoms with E-state index in [4.69, 9.17) is 19.2 Å². The van der Waals surface area contributed by atoms with Crippen LogP contribution >= 0.6 is 0 Å². The van der Waals surface area contributed by atoms with Gasteiger partial charge >= 0.3 is 12.1 Å². The number of phenols is 1. The molecule has 1 atom stereocenters. The van der Waals surface area contributed by atoms with E-state index in [1.165, 1.54) is 0 Å². The Morgan fingerprint density at radius 3 is 2.61 bits per heavy atom. The minimum atomic E-state index is -1.82. The minimum Gasteiger partial charge on any atom is -0.508 e. The Bertz CT molecular complexity index is 1500. The van der Waals surface area contributed by atoms with Gasteiger partial charge in [-0.15, -0.1) is 0 Å². The fraction of sp³-hybridized carbons (Fsp3) is 0.407. The number of nitrogens with zero attached hydrogens (tertiary/aromatic N) is 2. The summed E-state index contributed by atoms with van der Waals surface area (Å²) in [5.41, 5.74) is 1.32. The highest BCUT2D eigenvalue weighted by molar-refractivity contribution is 5.90. The fourth-order valence-corrected chi connectivity index (χ4v) is 5.12. The first-order chi connectivity index (χ1) is 17.0. The van der Waals surface area contributed by atoms with E-state index in [-0.39, 0.29) is 29.9 Å². The number of aromatic hydroxyl groups is 1. The Kier molecular flexibility index (Phi) is 5.35. The largest absolute Gasteiger partial charge is 0.510 e. The summed E-state index contributed by atoms with van der Waals surface area (Å²) >= 11 is 0. The number of phenolic OH excluding ortho intramolecular Hbond substituents is 1. The van der Waals surface area contributed by atoms with Crippen LogP contribution in [0.4, 0.5) is 4.79 Å². The quantitative estimate of drug-likeness (QED) is 0.421. The van der Waals surface area contributed by atoms with Crippen LogP contribution in [0.15, 0.2) is 29.1 Å². The minimum absolute atomic E-state index is 0.0540. The number of ether oxygens (including phenoxy) is 3. The second kappa shape index (κ2) is 8.08. The molecule has 2 aliphatic rings. The van der Waals surface area contributed by atoms with Crippen molar-refractivity contribution in [1.82, 2.24) is 9.55 Å². The van der Waals surface area contributed by atoms with Crippen LogP contribution in [0.2, 0.25) is 0 Å². The predicted molar refractivity (Wildman–Crippen MR) is 131 cm³/mol. The van der Waals surface area contributed by atoms with E-state index in [1.54, 1.807) is 56.5 Å². The van der Waals surface area contributed by atoms with Gasteiger partial charge in [0.15, 0.2) is 0 Å². The third-order valence-corrected chi connectivity index (χ3v) is 6.76. The molecule has 1 N–H and O–H groups in total. The summed E-state index contributed by atoms with van der Waals surface area (Å²) in [5.74, 6) is -0.605. The zero-order valence-corrected chi connectivity index (χ0v) is 20.9. The van der Waals surface area contributed by atoms with Gasteiger partial charge in [0.2, 0.25) is 5.60 Å². The number of carbonyl (C=O) groups excluding carboxylic acids is 2. The summed E-state index contributed by atoms with van der Waals surface area (Å²) in [7, 11) is 0. The van der Waals surface area contributed by atoms with Crippen LogP contribution in [0.5, 0.6) is 5.75 Å². The standard InChI is InChI=1S/C27H28N2O7/c1-6-15-16-10-14(30)8-9-20(16)28-22-17(15)12-29-21(22)11-19-18(23(29)31)13-34-24(32)27(19,7-2)36-25(33)35-26(3,4)5/h8-11,30H,6-7,12-13H2,1-5H3. The van der Waals surface area contributed by atoms with Crippen molar-refractivity contribution in [2.75, 3.05) is 0 Å². The maximum atomic E-state index is 13.7. The highest BCUT2D eigenvalue weighted by atomic mass is 16.7. The summed E-state index contributed by atoms with van der Waals surface area (Å²) in [6, 6.07) is 6.71. The Hall–Kier alpha value is -3.88. The number of aryl methyl sites for hydroxylation is 1. The lowest BCUT2D eigenvalue weighted by Gasteiger charge is -2.35. The number of aromatic nitrogens is 2. The molecule has 0 bridgehead atoms. The van der Waals surface area contributed by atoms with Crippen molar-refractivity contribution >= 4 is 23.0 Å². The molecule has 188 valence electrons. The number of rotatable bonds is 3. The molecule has 4 heterocycles. The molecule has 0 saturated heterocycles. The Labute approximate surface area is 207 Å². The number of fused-ring (bicyclic) bond motifs is 5. The monoisotopic (exact) mass is 492 g/mol. The third-order valence-electron chi connectivity index (χ3n) is 6.76. The van der Waals surface area contributed by atoms with Crippen LogP contribution in [0.3, 0.4) is 0 Å². The normalized spacial score (nSPS) is 18.3. The molecule has 5 rings (SSSR count). The molecular weight excluding hydrogens is 464 g/mol. The second-order valence-electron chi connectivity index (χ2n) is 10.1. The number of hydrogen-bond acceptors (Lipinski definition) is 8. The number of carbonyl (C=O) groups is 2. The number of benzene rings is 1. The molecule has 0 fully saturated rings. The zero-order valence-electron chi connectivity index (χ0n) is 20.9. The molecule has 3 aromatic rings. The average Bonchev–Trinajstić information content (AvgIpc) is 3.17. The van der Waals surface area contributed by atoms with E-state index in [2.05, 4.69) is 0 Å². The van der Waals surface area contributed by atoms with Gasteiger partial charge < -0.3 is 23.9 Å². The Balaban J connectivity index is 1.72. The van der Waals surface area contributed by atoms with Crippen LogP contribution in [0, 0.1) is 0 Å². The highest BCUT2D eigenvalue weighted by Crippen LogP contribution is 2.42. The van der Waals surface area contributed by atoms with Crippen molar-refractivity contribution in [3.63, 3.8) is 0 Å². The zero-order chi connectivity index (χ0) is 26.0. The van der Waals surface area contributed by atoms with Crippen molar-refractivity contribution in [2.45, 2.75) is 71.8 Å². The summed E-state index contributed by atoms with van der Waals surface area (Å²) < 4.78 is 17.9. The maximum Gasteiger partial charge on any atom is 0.510 e. The Morgan fingerprint density at radius 2 is 1.94 bits per heavy atom. The summed E-state index contributed by atoms with van der Waals surface area (Å²) in [5, 5.41) is 10.9. The molecule has 2 aliphatic heterocycles. The van der Waals surface area contributed by atoms with Gasteiger partial charge in [-0.25, -0.2) is 14.6 Å². The molecular formula is C27H28N2O7. The molecule has 0 radical (unpaired) electrons. The highest BCUT2D eigenvalue weighted by Gasteiger charge is 2.51. The van der Waals surface area contributed by atoms with E-state index >= 15 is 0 Å². The first-order valence-corrected chi connectivity index (χ1v) is 12.0. The Morgan fingerprint density at radius 1 is 1.19 bits per heavy atom. The van der Waals surface area contributed by atoms with E-state index < -0.39 is 23.3 Å². The van der Waals surface area contributed by atoms with Gasteiger partial charge in [-0.3, -0.25) is 4.79 Å². The van der Waals surface area contributed by atoms with Gasteiger partial charge in [0.25, 0.3) is 5.56 Å². The van der Waals surface area contributed by atoms with Crippen molar-refractivity contribution in [2.24, 2.45) is 0 Å². The fourth-order valence-electron chi connectivity index (χ4n) is 5.12. The first kappa shape index (κ1) is 23.8. The lowest BCUT2D eigenvalue weighted by atomic mass is 9.85. The van der Waals surface area contributed by atoms with Crippen molar-refractivity contribution < 1.29 is 28.9 Å².